The number of carboxylic acid groups (broad SMARTS) is 1. The molecule has 0 radical (unpaired) electrons. The molecule has 0 aliphatic rings. The van der Waals surface area contributed by atoms with Crippen LogP contribution in [0.25, 0.3) is 0 Å². The number of anilines is 3. The second-order valence-corrected chi connectivity index (χ2v) is 8.23. The number of amides is 3. The predicted molar refractivity (Wildman–Crippen MR) is 134 cm³/mol. The van der Waals surface area contributed by atoms with Gasteiger partial charge in [0.05, 0.1) is 19.2 Å². The quantitative estimate of drug-likeness (QED) is 0.454. The Morgan fingerprint density at radius 2 is 1.74 bits per heavy atom. The first-order valence-corrected chi connectivity index (χ1v) is 11.1. The Labute approximate surface area is 200 Å². The molecule has 9 heteroatoms. The fraction of sp³-hybridized carbons (Fsp3) is 0.400. The molecule has 2 rings (SSSR count). The molecule has 0 spiro atoms. The van der Waals surface area contributed by atoms with Crippen LogP contribution in [-0.2, 0) is 9.59 Å². The van der Waals surface area contributed by atoms with E-state index < -0.39 is 12.0 Å². The van der Waals surface area contributed by atoms with Crippen LogP contribution in [0, 0.1) is 6.92 Å². The van der Waals surface area contributed by atoms with Gasteiger partial charge in [-0.2, -0.15) is 0 Å². The van der Waals surface area contributed by atoms with E-state index in [2.05, 4.69) is 10.6 Å². The zero-order chi connectivity index (χ0) is 25.3. The normalized spacial score (nSPS) is 11.6. The lowest BCUT2D eigenvalue weighted by molar-refractivity contribution is -0.138. The van der Waals surface area contributed by atoms with Crippen LogP contribution in [0.4, 0.5) is 21.9 Å². The number of nitrogens with one attached hydrogen (secondary N) is 2. The topological polar surface area (TPSA) is 111 Å². The highest BCUT2D eigenvalue weighted by Gasteiger charge is 2.17. The number of nitrogens with zero attached hydrogens (tertiary/aromatic N) is 2. The van der Waals surface area contributed by atoms with Crippen LogP contribution >= 0.6 is 0 Å². The molecule has 0 saturated heterocycles. The van der Waals surface area contributed by atoms with Gasteiger partial charge in [0.15, 0.2) is 0 Å². The summed E-state index contributed by atoms with van der Waals surface area (Å²) in [5.74, 6) is -0.532. The number of rotatable bonds is 11. The first-order valence-electron chi connectivity index (χ1n) is 11.1. The molecule has 0 aliphatic carbocycles. The van der Waals surface area contributed by atoms with Gasteiger partial charge in [-0.3, -0.25) is 9.59 Å². The molecular weight excluding hydrogens is 436 g/mol. The smallest absolute Gasteiger partial charge is 0.323 e. The zero-order valence-electron chi connectivity index (χ0n) is 20.4. The largest absolute Gasteiger partial charge is 0.494 e. The minimum atomic E-state index is -0.835. The standard InChI is InChI=1S/C25H34N4O5/c1-17-9-6-7-10-21(17)26-25(33)27-22-12-11-20(16-23(22)34-5)29(19(3)30)14-8-13-28(4)18(2)15-24(31)32/h6-7,9-12,16,18H,8,13-15H2,1-5H3,(H,31,32)(H2,26,27,33). The van der Waals surface area contributed by atoms with Gasteiger partial charge in [0.25, 0.3) is 0 Å². The minimum absolute atomic E-state index is 0.0655. The fourth-order valence-electron chi connectivity index (χ4n) is 3.52. The number of hydrogen-bond acceptors (Lipinski definition) is 5. The Morgan fingerprint density at radius 1 is 1.06 bits per heavy atom. The maximum absolute atomic E-state index is 12.5. The van der Waals surface area contributed by atoms with Crippen LogP contribution in [0.1, 0.15) is 32.3 Å². The van der Waals surface area contributed by atoms with Crippen molar-refractivity contribution in [2.45, 2.75) is 39.7 Å². The van der Waals surface area contributed by atoms with E-state index in [0.29, 0.717) is 42.3 Å². The third-order valence-electron chi connectivity index (χ3n) is 5.63. The summed E-state index contributed by atoms with van der Waals surface area (Å²) in [4.78, 5) is 39.3. The molecule has 1 atom stereocenters. The number of hydrogen-bond donors (Lipinski definition) is 3. The van der Waals surface area contributed by atoms with Crippen molar-refractivity contribution in [1.29, 1.82) is 0 Å². The number of carbonyl (C=O) groups is 3. The number of urea groups is 1. The SMILES string of the molecule is COc1cc(N(CCCN(C)C(C)CC(=O)O)C(C)=O)ccc1NC(=O)Nc1ccccc1C. The average molecular weight is 471 g/mol. The number of carboxylic acids is 1. The van der Waals surface area contributed by atoms with Crippen molar-refractivity contribution < 1.29 is 24.2 Å². The zero-order valence-corrected chi connectivity index (χ0v) is 20.4. The van der Waals surface area contributed by atoms with Crippen molar-refractivity contribution in [2.75, 3.05) is 42.8 Å². The van der Waals surface area contributed by atoms with Crippen LogP contribution < -0.4 is 20.3 Å². The average Bonchev–Trinajstić information content (AvgIpc) is 2.77. The fourth-order valence-corrected chi connectivity index (χ4v) is 3.52. The van der Waals surface area contributed by atoms with Crippen LogP contribution in [-0.4, -0.2) is 61.2 Å². The number of carbonyl (C=O) groups excluding carboxylic acids is 2. The van der Waals surface area contributed by atoms with Crippen molar-refractivity contribution >= 4 is 35.0 Å². The van der Waals surface area contributed by atoms with E-state index in [4.69, 9.17) is 9.84 Å². The molecule has 0 aromatic heterocycles. The monoisotopic (exact) mass is 470 g/mol. The van der Waals surface area contributed by atoms with Gasteiger partial charge in [-0.05, 0) is 57.6 Å². The molecule has 2 aromatic rings. The molecule has 0 saturated carbocycles. The second kappa shape index (κ2) is 12.6. The Balaban J connectivity index is 2.05. The molecule has 3 N–H and O–H groups in total. The minimum Gasteiger partial charge on any atom is -0.494 e. The van der Waals surface area contributed by atoms with E-state index in [9.17, 15) is 14.4 Å². The molecule has 0 aliphatic heterocycles. The van der Waals surface area contributed by atoms with E-state index in [1.165, 1.54) is 14.0 Å². The maximum atomic E-state index is 12.5. The highest BCUT2D eigenvalue weighted by Crippen LogP contribution is 2.30. The summed E-state index contributed by atoms with van der Waals surface area (Å²) in [6.45, 7) is 6.37. The van der Waals surface area contributed by atoms with Gasteiger partial charge in [-0.15, -0.1) is 0 Å². The van der Waals surface area contributed by atoms with Gasteiger partial charge in [0.2, 0.25) is 5.91 Å². The third kappa shape index (κ3) is 7.77. The molecule has 9 nitrogen and oxygen atoms in total. The molecular formula is C25H34N4O5. The van der Waals surface area contributed by atoms with E-state index >= 15 is 0 Å². The van der Waals surface area contributed by atoms with E-state index in [1.54, 1.807) is 23.1 Å². The molecule has 184 valence electrons. The summed E-state index contributed by atoms with van der Waals surface area (Å²) in [6.07, 6.45) is 0.733. The highest BCUT2D eigenvalue weighted by molar-refractivity contribution is 6.01. The molecule has 0 bridgehead atoms. The molecule has 2 aromatic carbocycles. The highest BCUT2D eigenvalue weighted by atomic mass is 16.5. The number of aliphatic carboxylic acids is 1. The van der Waals surface area contributed by atoms with Gasteiger partial charge in [-0.25, -0.2) is 4.79 Å². The Bertz CT molecular complexity index is 1010. The predicted octanol–water partition coefficient (Wildman–Crippen LogP) is 4.19. The van der Waals surface area contributed by atoms with Crippen molar-refractivity contribution in [1.82, 2.24) is 4.90 Å². The van der Waals surface area contributed by atoms with Crippen molar-refractivity contribution in [3.63, 3.8) is 0 Å². The Morgan fingerprint density at radius 3 is 2.35 bits per heavy atom. The lowest BCUT2D eigenvalue weighted by atomic mass is 10.2. The van der Waals surface area contributed by atoms with E-state index in [0.717, 1.165) is 5.56 Å². The molecule has 1 unspecified atom stereocenters. The Kier molecular flexibility index (Phi) is 9.88. The molecule has 0 heterocycles. The summed E-state index contributed by atoms with van der Waals surface area (Å²) < 4.78 is 5.46. The van der Waals surface area contributed by atoms with Gasteiger partial charge < -0.3 is 30.3 Å². The number of aryl methyl sites for hydroxylation is 1. The van der Waals surface area contributed by atoms with Crippen molar-refractivity contribution in [3.8, 4) is 5.75 Å². The number of benzene rings is 2. The number of para-hydroxylation sites is 1. The van der Waals surface area contributed by atoms with Crippen LogP contribution in [0.15, 0.2) is 42.5 Å². The summed E-state index contributed by atoms with van der Waals surface area (Å²) in [5, 5.41) is 14.6. The Hall–Kier alpha value is -3.59. The summed E-state index contributed by atoms with van der Waals surface area (Å²) in [7, 11) is 3.37. The molecule has 3 amide bonds. The first kappa shape index (κ1) is 26.7. The molecule has 34 heavy (non-hydrogen) atoms. The number of methoxy groups -OCH3 is 1. The second-order valence-electron chi connectivity index (χ2n) is 8.23. The van der Waals surface area contributed by atoms with Crippen molar-refractivity contribution in [2.24, 2.45) is 0 Å². The van der Waals surface area contributed by atoms with Gasteiger partial charge >= 0.3 is 12.0 Å². The summed E-state index contributed by atoms with van der Waals surface area (Å²) in [5.41, 5.74) is 2.78. The lowest BCUT2D eigenvalue weighted by Crippen LogP contribution is -2.35. The first-order chi connectivity index (χ1) is 16.1. The van der Waals surface area contributed by atoms with Crippen LogP contribution in [0.3, 0.4) is 0 Å². The maximum Gasteiger partial charge on any atom is 0.323 e. The summed E-state index contributed by atoms with van der Waals surface area (Å²) in [6, 6.07) is 12.1. The number of ether oxygens (including phenoxy) is 1. The van der Waals surface area contributed by atoms with E-state index in [-0.39, 0.29) is 18.4 Å². The van der Waals surface area contributed by atoms with Crippen molar-refractivity contribution in [3.05, 3.63) is 48.0 Å². The third-order valence-corrected chi connectivity index (χ3v) is 5.63. The van der Waals surface area contributed by atoms with Gasteiger partial charge in [0.1, 0.15) is 5.75 Å². The molecule has 0 fully saturated rings. The van der Waals surface area contributed by atoms with E-state index in [1.807, 2.05) is 50.1 Å². The lowest BCUT2D eigenvalue weighted by Gasteiger charge is -2.26. The van der Waals surface area contributed by atoms with Crippen LogP contribution in [0.5, 0.6) is 5.75 Å². The van der Waals surface area contributed by atoms with Gasteiger partial charge in [0, 0.05) is 37.0 Å². The van der Waals surface area contributed by atoms with Gasteiger partial charge in [-0.1, -0.05) is 18.2 Å². The van der Waals surface area contributed by atoms with Crippen LogP contribution in [0.2, 0.25) is 0 Å². The summed E-state index contributed by atoms with van der Waals surface area (Å²) >= 11 is 0.